The quantitative estimate of drug-likeness (QED) is 0.357. The van der Waals surface area contributed by atoms with Crippen LogP contribution in [-0.2, 0) is 9.53 Å². The van der Waals surface area contributed by atoms with E-state index in [0.717, 1.165) is 0 Å². The van der Waals surface area contributed by atoms with Gasteiger partial charge in [-0.15, -0.1) is 0 Å². The molecule has 0 amide bonds. The predicted octanol–water partition coefficient (Wildman–Crippen LogP) is -0.232. The Bertz CT molecular complexity index is 599. The number of halogens is 2. The first-order chi connectivity index (χ1) is 11.2. The van der Waals surface area contributed by atoms with E-state index in [1.54, 1.807) is 0 Å². The van der Waals surface area contributed by atoms with E-state index < -0.39 is 36.9 Å². The Morgan fingerprint density at radius 3 is 2.38 bits per heavy atom. The highest BCUT2D eigenvalue weighted by atomic mass is 35.5. The fourth-order valence-corrected chi connectivity index (χ4v) is 2.25. The molecule has 0 saturated heterocycles. The molecule has 0 aliphatic heterocycles. The van der Waals surface area contributed by atoms with Crippen molar-refractivity contribution in [1.82, 2.24) is 0 Å². The Hall–Kier alpha value is -1.42. The Morgan fingerprint density at radius 1 is 1.25 bits per heavy atom. The lowest BCUT2D eigenvalue weighted by Gasteiger charge is -2.24. The molecule has 0 aliphatic carbocycles. The number of carbonyl (C=O) groups excluding carboxylic acids is 2. The van der Waals surface area contributed by atoms with E-state index in [4.69, 9.17) is 38.4 Å². The molecular weight excluding hydrogens is 365 g/mol. The summed E-state index contributed by atoms with van der Waals surface area (Å²) in [5.41, 5.74) is 5.08. The number of esters is 1. The summed E-state index contributed by atoms with van der Waals surface area (Å²) >= 11 is 11.8. The van der Waals surface area contributed by atoms with E-state index in [-0.39, 0.29) is 27.6 Å². The SMILES string of the molecule is COc1c(Cl)ccc(Cl)c1C(=O)OC[C@@H](O)[C@@H](O)[C@H](O)[C@H](N)C=O. The van der Waals surface area contributed by atoms with Crippen molar-refractivity contribution in [3.05, 3.63) is 27.7 Å². The van der Waals surface area contributed by atoms with E-state index in [1.807, 2.05) is 0 Å². The van der Waals surface area contributed by atoms with Gasteiger partial charge in [-0.25, -0.2) is 4.79 Å². The summed E-state index contributed by atoms with van der Waals surface area (Å²) in [5.74, 6) is -0.966. The highest BCUT2D eigenvalue weighted by Gasteiger charge is 2.31. The van der Waals surface area contributed by atoms with Gasteiger partial charge >= 0.3 is 5.97 Å². The third-order valence-corrected chi connectivity index (χ3v) is 3.76. The molecule has 10 heteroatoms. The fraction of sp³-hybridized carbons (Fsp3) is 0.429. The summed E-state index contributed by atoms with van der Waals surface area (Å²) in [6, 6.07) is 1.39. The second-order valence-electron chi connectivity index (χ2n) is 4.80. The van der Waals surface area contributed by atoms with Crippen LogP contribution in [0.3, 0.4) is 0 Å². The van der Waals surface area contributed by atoms with Crippen molar-refractivity contribution >= 4 is 35.5 Å². The molecule has 0 bridgehead atoms. The smallest absolute Gasteiger partial charge is 0.343 e. The Kier molecular flexibility index (Phi) is 7.88. The summed E-state index contributed by atoms with van der Waals surface area (Å²) in [6.45, 7) is -0.686. The van der Waals surface area contributed by atoms with Crippen LogP contribution in [0.2, 0.25) is 10.0 Å². The van der Waals surface area contributed by atoms with Crippen LogP contribution in [0.1, 0.15) is 10.4 Å². The van der Waals surface area contributed by atoms with Crippen molar-refractivity contribution in [2.24, 2.45) is 5.73 Å². The van der Waals surface area contributed by atoms with Crippen LogP contribution >= 0.6 is 23.2 Å². The van der Waals surface area contributed by atoms with Crippen molar-refractivity contribution in [3.8, 4) is 5.75 Å². The number of benzene rings is 1. The molecule has 0 unspecified atom stereocenters. The van der Waals surface area contributed by atoms with E-state index in [9.17, 15) is 24.9 Å². The number of aliphatic hydroxyl groups excluding tert-OH is 3. The molecule has 1 rings (SSSR count). The second kappa shape index (κ2) is 9.16. The van der Waals surface area contributed by atoms with E-state index in [2.05, 4.69) is 0 Å². The minimum absolute atomic E-state index is 0.00721. The number of aliphatic hydroxyl groups is 3. The van der Waals surface area contributed by atoms with Gasteiger partial charge in [0.1, 0.15) is 36.8 Å². The number of methoxy groups -OCH3 is 1. The van der Waals surface area contributed by atoms with Gasteiger partial charge in [0.2, 0.25) is 0 Å². The van der Waals surface area contributed by atoms with Crippen molar-refractivity contribution in [2.75, 3.05) is 13.7 Å². The third kappa shape index (κ3) is 4.79. The molecule has 24 heavy (non-hydrogen) atoms. The molecule has 8 nitrogen and oxygen atoms in total. The van der Waals surface area contributed by atoms with Crippen LogP contribution in [0.15, 0.2) is 12.1 Å². The fourth-order valence-electron chi connectivity index (χ4n) is 1.79. The van der Waals surface area contributed by atoms with Gasteiger partial charge in [0, 0.05) is 0 Å². The highest BCUT2D eigenvalue weighted by molar-refractivity contribution is 6.37. The minimum atomic E-state index is -1.80. The molecule has 5 N–H and O–H groups in total. The van der Waals surface area contributed by atoms with Gasteiger partial charge in [0.05, 0.1) is 23.2 Å². The Labute approximate surface area is 147 Å². The normalized spacial score (nSPS) is 16.0. The maximum absolute atomic E-state index is 12.1. The highest BCUT2D eigenvalue weighted by Crippen LogP contribution is 2.34. The van der Waals surface area contributed by atoms with Gasteiger partial charge in [0.25, 0.3) is 0 Å². The van der Waals surface area contributed by atoms with Crippen LogP contribution < -0.4 is 10.5 Å². The molecule has 0 aliphatic rings. The molecule has 0 heterocycles. The topological polar surface area (TPSA) is 139 Å². The van der Waals surface area contributed by atoms with Crippen molar-refractivity contribution in [3.63, 3.8) is 0 Å². The summed E-state index contributed by atoms with van der Waals surface area (Å²) in [5, 5.41) is 29.1. The Morgan fingerprint density at radius 2 is 1.83 bits per heavy atom. The molecule has 0 spiro atoms. The molecule has 1 aromatic rings. The monoisotopic (exact) mass is 381 g/mol. The molecule has 0 aromatic heterocycles. The average Bonchev–Trinajstić information content (AvgIpc) is 2.58. The molecule has 0 saturated carbocycles. The van der Waals surface area contributed by atoms with Gasteiger partial charge in [0.15, 0.2) is 5.75 Å². The average molecular weight is 382 g/mol. The standard InChI is InChI=1S/C14H17Cl2NO7/c1-23-13-7(16)3-2-6(15)10(13)14(22)24-5-9(19)12(21)11(20)8(17)4-18/h2-4,8-9,11-12,19-21H,5,17H2,1H3/t8-,9-,11-,12-/m1/s1. The summed E-state index contributed by atoms with van der Waals surface area (Å²) in [4.78, 5) is 22.6. The van der Waals surface area contributed by atoms with Gasteiger partial charge in [-0.2, -0.15) is 0 Å². The summed E-state index contributed by atoms with van der Waals surface area (Å²) in [7, 11) is 1.28. The van der Waals surface area contributed by atoms with Crippen LogP contribution in [0.5, 0.6) is 5.75 Å². The van der Waals surface area contributed by atoms with Crippen LogP contribution in [0.25, 0.3) is 0 Å². The molecule has 1 aromatic carbocycles. The minimum Gasteiger partial charge on any atom is -0.494 e. The molecule has 4 atom stereocenters. The maximum Gasteiger partial charge on any atom is 0.343 e. The van der Waals surface area contributed by atoms with Gasteiger partial charge in [-0.05, 0) is 12.1 Å². The van der Waals surface area contributed by atoms with Crippen molar-refractivity contribution in [2.45, 2.75) is 24.4 Å². The van der Waals surface area contributed by atoms with Gasteiger partial charge in [-0.3, -0.25) is 0 Å². The number of hydrogen-bond donors (Lipinski definition) is 4. The zero-order valence-electron chi connectivity index (χ0n) is 12.6. The molecule has 0 fully saturated rings. The lowest BCUT2D eigenvalue weighted by Crippen LogP contribution is -2.50. The lowest BCUT2D eigenvalue weighted by atomic mass is 10.0. The lowest BCUT2D eigenvalue weighted by molar-refractivity contribution is -0.118. The first kappa shape index (κ1) is 20.6. The van der Waals surface area contributed by atoms with Gasteiger partial charge < -0.3 is 35.3 Å². The maximum atomic E-state index is 12.1. The number of aldehydes is 1. The number of nitrogens with two attached hydrogens (primary N) is 1. The number of carbonyl (C=O) groups is 2. The van der Waals surface area contributed by atoms with Crippen molar-refractivity contribution in [1.29, 1.82) is 0 Å². The first-order valence-electron chi connectivity index (χ1n) is 6.68. The van der Waals surface area contributed by atoms with Crippen LogP contribution in [0.4, 0.5) is 0 Å². The van der Waals surface area contributed by atoms with Crippen LogP contribution in [-0.4, -0.2) is 65.6 Å². The van der Waals surface area contributed by atoms with Crippen molar-refractivity contribution < 1.29 is 34.4 Å². The van der Waals surface area contributed by atoms with E-state index in [1.165, 1.54) is 19.2 Å². The molecular formula is C14H17Cl2NO7. The summed E-state index contributed by atoms with van der Waals surface area (Å²) in [6.07, 6.45) is -4.99. The van der Waals surface area contributed by atoms with Gasteiger partial charge in [-0.1, -0.05) is 23.2 Å². The number of rotatable bonds is 8. The first-order valence-corrected chi connectivity index (χ1v) is 7.44. The second-order valence-corrected chi connectivity index (χ2v) is 5.61. The van der Waals surface area contributed by atoms with Crippen LogP contribution in [0, 0.1) is 0 Å². The molecule has 0 radical (unpaired) electrons. The molecule has 134 valence electrons. The largest absolute Gasteiger partial charge is 0.494 e. The Balaban J connectivity index is 2.80. The number of hydrogen-bond acceptors (Lipinski definition) is 8. The number of ether oxygens (including phenoxy) is 2. The summed E-state index contributed by atoms with van der Waals surface area (Å²) < 4.78 is 9.83. The third-order valence-electron chi connectivity index (χ3n) is 3.15. The van der Waals surface area contributed by atoms with E-state index in [0.29, 0.717) is 0 Å². The zero-order valence-corrected chi connectivity index (χ0v) is 14.1. The predicted molar refractivity (Wildman–Crippen MR) is 85.4 cm³/mol. The van der Waals surface area contributed by atoms with E-state index >= 15 is 0 Å². The zero-order chi connectivity index (χ0) is 18.4.